The molecule has 2 aromatic rings. The SMILES string of the molecule is Cc1ccsc1[C@@H]1[C@@H]2CN(Cc3ccccc3)CC=C2C(C#N)=C(N)C1(C#N)C#N. The quantitative estimate of drug-likeness (QED) is 0.823. The smallest absolute Gasteiger partial charge is 0.192 e. The van der Waals surface area contributed by atoms with Gasteiger partial charge in [0.25, 0.3) is 0 Å². The number of nitrogens with zero attached hydrogens (tertiary/aromatic N) is 4. The maximum atomic E-state index is 10.2. The molecule has 6 heteroatoms. The van der Waals surface area contributed by atoms with Crippen molar-refractivity contribution in [1.29, 1.82) is 15.8 Å². The third kappa shape index (κ3) is 3.01. The van der Waals surface area contributed by atoms with Crippen molar-refractivity contribution in [2.24, 2.45) is 17.1 Å². The number of fused-ring (bicyclic) bond motifs is 1. The van der Waals surface area contributed by atoms with Gasteiger partial charge in [0.05, 0.1) is 23.4 Å². The van der Waals surface area contributed by atoms with Crippen LogP contribution in [0.1, 0.15) is 21.9 Å². The van der Waals surface area contributed by atoms with Gasteiger partial charge < -0.3 is 5.73 Å². The summed E-state index contributed by atoms with van der Waals surface area (Å²) >= 11 is 1.55. The summed E-state index contributed by atoms with van der Waals surface area (Å²) in [5.74, 6) is -0.560. The average molecular weight is 412 g/mol. The largest absolute Gasteiger partial charge is 0.399 e. The van der Waals surface area contributed by atoms with Crippen LogP contribution in [0.4, 0.5) is 0 Å². The molecule has 0 radical (unpaired) electrons. The number of benzene rings is 1. The Morgan fingerprint density at radius 2 is 1.90 bits per heavy atom. The van der Waals surface area contributed by atoms with Gasteiger partial charge in [0.2, 0.25) is 0 Å². The second kappa shape index (κ2) is 7.81. The summed E-state index contributed by atoms with van der Waals surface area (Å²) in [6, 6.07) is 18.8. The molecule has 1 aromatic carbocycles. The van der Waals surface area contributed by atoms with Gasteiger partial charge in [0.15, 0.2) is 5.41 Å². The Balaban J connectivity index is 1.85. The molecule has 1 aliphatic heterocycles. The molecule has 2 N–H and O–H groups in total. The number of hydrogen-bond acceptors (Lipinski definition) is 6. The minimum absolute atomic E-state index is 0.0896. The molecule has 1 aliphatic carbocycles. The first-order chi connectivity index (χ1) is 14.6. The van der Waals surface area contributed by atoms with Crippen molar-refractivity contribution in [2.75, 3.05) is 13.1 Å². The van der Waals surface area contributed by atoms with Gasteiger partial charge in [0, 0.05) is 36.3 Å². The van der Waals surface area contributed by atoms with E-state index in [9.17, 15) is 15.8 Å². The zero-order valence-electron chi connectivity index (χ0n) is 16.7. The van der Waals surface area contributed by atoms with Crippen molar-refractivity contribution in [1.82, 2.24) is 4.90 Å². The van der Waals surface area contributed by atoms with E-state index in [0.29, 0.717) is 18.7 Å². The maximum absolute atomic E-state index is 10.2. The number of hydrogen-bond donors (Lipinski definition) is 1. The third-order valence-electron chi connectivity index (χ3n) is 6.17. The number of nitriles is 3. The van der Waals surface area contributed by atoms with E-state index in [4.69, 9.17) is 5.73 Å². The number of nitrogens with two attached hydrogens (primary N) is 1. The molecular weight excluding hydrogens is 390 g/mol. The molecule has 0 unspecified atom stereocenters. The van der Waals surface area contributed by atoms with Crippen LogP contribution in [0.15, 0.2) is 64.7 Å². The summed E-state index contributed by atoms with van der Waals surface area (Å²) in [6.07, 6.45) is 2.05. The molecule has 2 aliphatic rings. The summed E-state index contributed by atoms with van der Waals surface area (Å²) in [5, 5.41) is 32.1. The van der Waals surface area contributed by atoms with Crippen LogP contribution in [0, 0.1) is 52.2 Å². The van der Waals surface area contributed by atoms with Crippen LogP contribution in [-0.2, 0) is 6.54 Å². The Bertz CT molecular complexity index is 1140. The fourth-order valence-electron chi connectivity index (χ4n) is 4.69. The summed E-state index contributed by atoms with van der Waals surface area (Å²) in [6.45, 7) is 4.12. The van der Waals surface area contributed by atoms with E-state index in [1.54, 1.807) is 11.3 Å². The van der Waals surface area contributed by atoms with Crippen molar-refractivity contribution < 1.29 is 0 Å². The monoisotopic (exact) mass is 411 g/mol. The van der Waals surface area contributed by atoms with Gasteiger partial charge in [-0.3, -0.25) is 4.90 Å². The van der Waals surface area contributed by atoms with Gasteiger partial charge in [-0.1, -0.05) is 36.4 Å². The van der Waals surface area contributed by atoms with Crippen molar-refractivity contribution in [3.05, 3.63) is 80.7 Å². The normalized spacial score (nSPS) is 22.9. The van der Waals surface area contributed by atoms with Crippen molar-refractivity contribution in [2.45, 2.75) is 19.4 Å². The lowest BCUT2D eigenvalue weighted by Crippen LogP contribution is -2.47. The lowest BCUT2D eigenvalue weighted by molar-refractivity contribution is 0.202. The zero-order chi connectivity index (χ0) is 21.3. The maximum Gasteiger partial charge on any atom is 0.192 e. The van der Waals surface area contributed by atoms with Crippen LogP contribution in [0.25, 0.3) is 0 Å². The lowest BCUT2D eigenvalue weighted by atomic mass is 9.59. The molecule has 0 saturated carbocycles. The molecule has 2 heterocycles. The predicted molar refractivity (Wildman–Crippen MR) is 116 cm³/mol. The number of thiophene rings is 1. The minimum atomic E-state index is -1.56. The standard InChI is InChI=1S/C24H21N5S/c1-16-8-10-30-22(16)21-20-13-29(12-17-5-3-2-4-6-17)9-7-18(20)19(11-25)23(28)24(21,14-26)15-27/h2-8,10,20-21H,9,12-13,28H2,1H3/t20-,21+/m1/s1. The average Bonchev–Trinajstić information content (AvgIpc) is 3.19. The Morgan fingerprint density at radius 1 is 1.17 bits per heavy atom. The molecule has 0 spiro atoms. The Hall–Kier alpha value is -3.37. The molecule has 5 nitrogen and oxygen atoms in total. The topological polar surface area (TPSA) is 101 Å². The van der Waals surface area contributed by atoms with Gasteiger partial charge in [-0.2, -0.15) is 15.8 Å². The molecular formula is C24H21N5S. The zero-order valence-corrected chi connectivity index (χ0v) is 17.5. The van der Waals surface area contributed by atoms with Crippen molar-refractivity contribution in [3.63, 3.8) is 0 Å². The first-order valence-corrected chi connectivity index (χ1v) is 10.7. The fourth-order valence-corrected chi connectivity index (χ4v) is 5.85. The fraction of sp³-hybridized carbons (Fsp3) is 0.292. The van der Waals surface area contributed by atoms with Crippen LogP contribution in [-0.4, -0.2) is 18.0 Å². The highest BCUT2D eigenvalue weighted by atomic mass is 32.1. The van der Waals surface area contributed by atoms with Crippen LogP contribution in [0.3, 0.4) is 0 Å². The highest BCUT2D eigenvalue weighted by Crippen LogP contribution is 2.55. The van der Waals surface area contributed by atoms with E-state index in [2.05, 4.69) is 41.3 Å². The number of allylic oxidation sites excluding steroid dienone is 2. The molecule has 0 saturated heterocycles. The lowest BCUT2D eigenvalue weighted by Gasteiger charge is -2.45. The van der Waals surface area contributed by atoms with E-state index in [1.165, 1.54) is 5.56 Å². The minimum Gasteiger partial charge on any atom is -0.399 e. The van der Waals surface area contributed by atoms with Gasteiger partial charge in [-0.25, -0.2) is 0 Å². The second-order valence-electron chi connectivity index (χ2n) is 7.82. The Labute approximate surface area is 180 Å². The molecule has 0 amide bonds. The highest BCUT2D eigenvalue weighted by molar-refractivity contribution is 7.10. The van der Waals surface area contributed by atoms with Crippen molar-refractivity contribution >= 4 is 11.3 Å². The number of rotatable bonds is 3. The third-order valence-corrected chi connectivity index (χ3v) is 7.28. The molecule has 0 bridgehead atoms. The summed E-state index contributed by atoms with van der Waals surface area (Å²) in [7, 11) is 0. The first-order valence-electron chi connectivity index (χ1n) is 9.79. The van der Waals surface area contributed by atoms with Crippen molar-refractivity contribution in [3.8, 4) is 18.2 Å². The summed E-state index contributed by atoms with van der Waals surface area (Å²) < 4.78 is 0. The van der Waals surface area contributed by atoms with Gasteiger partial charge >= 0.3 is 0 Å². The number of aryl methyl sites for hydroxylation is 1. The van der Waals surface area contributed by atoms with Crippen LogP contribution < -0.4 is 5.73 Å². The van der Waals surface area contributed by atoms with Gasteiger partial charge in [-0.15, -0.1) is 11.3 Å². The van der Waals surface area contributed by atoms with Crippen LogP contribution in [0.2, 0.25) is 0 Å². The Morgan fingerprint density at radius 3 is 2.50 bits per heavy atom. The van der Waals surface area contributed by atoms with E-state index < -0.39 is 11.3 Å². The van der Waals surface area contributed by atoms with E-state index in [1.807, 2.05) is 36.6 Å². The van der Waals surface area contributed by atoms with E-state index >= 15 is 0 Å². The molecule has 0 fully saturated rings. The molecule has 148 valence electrons. The molecule has 4 rings (SSSR count). The molecule has 2 atom stereocenters. The Kier molecular flexibility index (Phi) is 5.18. The highest BCUT2D eigenvalue weighted by Gasteiger charge is 2.55. The van der Waals surface area contributed by atoms with Gasteiger partial charge in [0.1, 0.15) is 6.07 Å². The summed E-state index contributed by atoms with van der Waals surface area (Å²) in [5.41, 5.74) is 8.32. The summed E-state index contributed by atoms with van der Waals surface area (Å²) in [4.78, 5) is 3.30. The predicted octanol–water partition coefficient (Wildman–Crippen LogP) is 3.98. The van der Waals surface area contributed by atoms with E-state index in [0.717, 1.165) is 22.6 Å². The van der Waals surface area contributed by atoms with E-state index in [-0.39, 0.29) is 11.6 Å². The van der Waals surface area contributed by atoms with Crippen LogP contribution in [0.5, 0.6) is 0 Å². The molecule has 30 heavy (non-hydrogen) atoms. The van der Waals surface area contributed by atoms with Crippen LogP contribution >= 0.6 is 11.3 Å². The van der Waals surface area contributed by atoms with Gasteiger partial charge in [-0.05, 0) is 35.1 Å². The second-order valence-corrected chi connectivity index (χ2v) is 8.77. The first kappa shape index (κ1) is 19.9. The molecule has 1 aromatic heterocycles.